The van der Waals surface area contributed by atoms with Crippen molar-refractivity contribution in [3.63, 3.8) is 0 Å². The van der Waals surface area contributed by atoms with E-state index in [9.17, 15) is 22.8 Å². The molecule has 0 fully saturated rings. The molecule has 2 aromatic rings. The number of esters is 1. The first-order valence-electron chi connectivity index (χ1n) is 8.63. The lowest BCUT2D eigenvalue weighted by molar-refractivity contribution is -0.148. The summed E-state index contributed by atoms with van der Waals surface area (Å²) in [5.41, 5.74) is 1.51. The molecule has 8 heteroatoms. The summed E-state index contributed by atoms with van der Waals surface area (Å²) in [5, 5.41) is 2.57. The molecule has 2 aromatic carbocycles. The van der Waals surface area contributed by atoms with E-state index >= 15 is 0 Å². The maximum Gasteiger partial charge on any atom is 0.416 e. The number of nitrogens with zero attached hydrogens (tertiary/aromatic N) is 1. The third kappa shape index (κ3) is 4.51. The van der Waals surface area contributed by atoms with Crippen LogP contribution in [0.2, 0.25) is 0 Å². The predicted octanol–water partition coefficient (Wildman–Crippen LogP) is 3.24. The maximum absolute atomic E-state index is 12.6. The minimum atomic E-state index is -4.43. The number of methoxy groups -OCH3 is 1. The molecule has 0 aliphatic carbocycles. The Kier molecular flexibility index (Phi) is 5.69. The van der Waals surface area contributed by atoms with Gasteiger partial charge in [-0.1, -0.05) is 24.3 Å². The number of alkyl halides is 3. The van der Waals surface area contributed by atoms with Crippen LogP contribution in [0.4, 0.5) is 18.9 Å². The Labute approximate surface area is 160 Å². The van der Waals surface area contributed by atoms with Gasteiger partial charge in [-0.25, -0.2) is 0 Å². The Balaban J connectivity index is 1.70. The fourth-order valence-electron chi connectivity index (χ4n) is 3.24. The minimum absolute atomic E-state index is 0.0882. The molecule has 148 valence electrons. The van der Waals surface area contributed by atoms with Crippen LogP contribution in [0.15, 0.2) is 48.5 Å². The number of rotatable bonds is 4. The molecule has 0 saturated heterocycles. The van der Waals surface area contributed by atoms with Gasteiger partial charge in [-0.2, -0.15) is 13.2 Å². The Morgan fingerprint density at radius 3 is 2.36 bits per heavy atom. The van der Waals surface area contributed by atoms with Crippen molar-refractivity contribution in [3.8, 4) is 0 Å². The van der Waals surface area contributed by atoms with E-state index in [4.69, 9.17) is 4.74 Å². The van der Waals surface area contributed by atoms with E-state index in [1.165, 1.54) is 19.2 Å². The second kappa shape index (κ2) is 8.02. The second-order valence-corrected chi connectivity index (χ2v) is 6.54. The summed E-state index contributed by atoms with van der Waals surface area (Å²) in [7, 11) is 1.29. The summed E-state index contributed by atoms with van der Waals surface area (Å²) < 4.78 is 42.7. The van der Waals surface area contributed by atoms with Gasteiger partial charge in [0.1, 0.15) is 6.04 Å². The SMILES string of the molecule is COC(=O)[C@@H]1Cc2ccccc2CN1CC(=O)Nc1ccc(C(F)(F)F)cc1. The average molecular weight is 392 g/mol. The van der Waals surface area contributed by atoms with Crippen molar-refractivity contribution in [1.82, 2.24) is 4.90 Å². The fourth-order valence-corrected chi connectivity index (χ4v) is 3.24. The predicted molar refractivity (Wildman–Crippen MR) is 96.4 cm³/mol. The zero-order chi connectivity index (χ0) is 20.3. The molecule has 0 radical (unpaired) electrons. The zero-order valence-electron chi connectivity index (χ0n) is 15.1. The molecule has 0 spiro atoms. The number of benzene rings is 2. The van der Waals surface area contributed by atoms with Gasteiger partial charge in [0, 0.05) is 12.2 Å². The van der Waals surface area contributed by atoms with Gasteiger partial charge in [0.25, 0.3) is 0 Å². The Hall–Kier alpha value is -2.87. The van der Waals surface area contributed by atoms with Gasteiger partial charge >= 0.3 is 12.1 Å². The molecule has 28 heavy (non-hydrogen) atoms. The smallest absolute Gasteiger partial charge is 0.416 e. The summed E-state index contributed by atoms with van der Waals surface area (Å²) in [6.45, 7) is 0.311. The summed E-state index contributed by atoms with van der Waals surface area (Å²) in [6.07, 6.45) is -4.01. The molecule has 1 amide bonds. The Morgan fingerprint density at radius 2 is 1.75 bits per heavy atom. The lowest BCUT2D eigenvalue weighted by Gasteiger charge is -2.34. The van der Waals surface area contributed by atoms with Crippen LogP contribution in [-0.4, -0.2) is 36.5 Å². The molecule has 0 aromatic heterocycles. The third-order valence-electron chi connectivity index (χ3n) is 4.66. The van der Waals surface area contributed by atoms with Gasteiger partial charge in [-0.3, -0.25) is 14.5 Å². The van der Waals surface area contributed by atoms with E-state index in [1.807, 2.05) is 24.3 Å². The van der Waals surface area contributed by atoms with E-state index < -0.39 is 29.7 Å². The molecule has 0 bridgehead atoms. The van der Waals surface area contributed by atoms with Crippen molar-refractivity contribution in [2.75, 3.05) is 19.0 Å². The number of anilines is 1. The van der Waals surface area contributed by atoms with Crippen LogP contribution in [0.25, 0.3) is 0 Å². The minimum Gasteiger partial charge on any atom is -0.468 e. The highest BCUT2D eigenvalue weighted by molar-refractivity contribution is 5.92. The van der Waals surface area contributed by atoms with E-state index in [0.717, 1.165) is 23.3 Å². The number of carbonyl (C=O) groups excluding carboxylic acids is 2. The third-order valence-corrected chi connectivity index (χ3v) is 4.66. The normalized spacial score (nSPS) is 16.9. The van der Waals surface area contributed by atoms with Gasteiger partial charge in [-0.15, -0.1) is 0 Å². The average Bonchev–Trinajstić information content (AvgIpc) is 2.66. The number of hydrogen-bond donors (Lipinski definition) is 1. The Bertz CT molecular complexity index is 866. The summed E-state index contributed by atoms with van der Waals surface area (Å²) in [5.74, 6) is -0.857. The number of ether oxygens (including phenoxy) is 1. The fraction of sp³-hybridized carbons (Fsp3) is 0.300. The van der Waals surface area contributed by atoms with E-state index in [-0.39, 0.29) is 12.2 Å². The van der Waals surface area contributed by atoms with Crippen molar-refractivity contribution in [1.29, 1.82) is 0 Å². The number of hydrogen-bond acceptors (Lipinski definition) is 4. The number of halogens is 3. The van der Waals surface area contributed by atoms with E-state index in [0.29, 0.717) is 13.0 Å². The van der Waals surface area contributed by atoms with Crippen molar-refractivity contribution < 1.29 is 27.5 Å². The number of nitrogens with one attached hydrogen (secondary N) is 1. The maximum atomic E-state index is 12.6. The van der Waals surface area contributed by atoms with Crippen molar-refractivity contribution in [2.24, 2.45) is 0 Å². The second-order valence-electron chi connectivity index (χ2n) is 6.54. The van der Waals surface area contributed by atoms with Gasteiger partial charge in [0.05, 0.1) is 19.2 Å². The van der Waals surface area contributed by atoms with Gasteiger partial charge in [0.15, 0.2) is 0 Å². The van der Waals surface area contributed by atoms with Crippen LogP contribution in [0, 0.1) is 0 Å². The van der Waals surface area contributed by atoms with E-state index in [2.05, 4.69) is 5.32 Å². The van der Waals surface area contributed by atoms with Crippen LogP contribution >= 0.6 is 0 Å². The Morgan fingerprint density at radius 1 is 1.11 bits per heavy atom. The number of fused-ring (bicyclic) bond motifs is 1. The van der Waals surface area contributed by atoms with Crippen LogP contribution in [0.5, 0.6) is 0 Å². The van der Waals surface area contributed by atoms with Crippen molar-refractivity contribution >= 4 is 17.6 Å². The van der Waals surface area contributed by atoms with Gasteiger partial charge in [-0.05, 0) is 41.8 Å². The van der Waals surface area contributed by atoms with Crippen molar-refractivity contribution in [2.45, 2.75) is 25.2 Å². The van der Waals surface area contributed by atoms with Crippen LogP contribution in [-0.2, 0) is 33.5 Å². The molecule has 1 atom stereocenters. The molecule has 3 rings (SSSR count). The topological polar surface area (TPSA) is 58.6 Å². The zero-order valence-corrected chi connectivity index (χ0v) is 15.1. The first-order valence-corrected chi connectivity index (χ1v) is 8.63. The summed E-state index contributed by atoms with van der Waals surface area (Å²) in [4.78, 5) is 26.3. The van der Waals surface area contributed by atoms with Crippen LogP contribution in [0.1, 0.15) is 16.7 Å². The standard InChI is InChI=1S/C20H19F3N2O3/c1-28-19(27)17-10-13-4-2-3-5-14(13)11-25(17)12-18(26)24-16-8-6-15(7-9-16)20(21,22)23/h2-9,17H,10-12H2,1H3,(H,24,26)/t17-/m0/s1. The monoisotopic (exact) mass is 392 g/mol. The molecule has 1 N–H and O–H groups in total. The van der Waals surface area contributed by atoms with E-state index in [1.54, 1.807) is 4.90 Å². The first-order chi connectivity index (χ1) is 13.3. The molecule has 5 nitrogen and oxygen atoms in total. The van der Waals surface area contributed by atoms with Crippen LogP contribution < -0.4 is 5.32 Å². The molecule has 0 unspecified atom stereocenters. The molecule has 1 aliphatic rings. The highest BCUT2D eigenvalue weighted by Crippen LogP contribution is 2.30. The molecule has 0 saturated carbocycles. The highest BCUT2D eigenvalue weighted by atomic mass is 19.4. The number of amides is 1. The summed E-state index contributed by atoms with van der Waals surface area (Å²) in [6, 6.07) is 11.3. The largest absolute Gasteiger partial charge is 0.468 e. The lowest BCUT2D eigenvalue weighted by Crippen LogP contribution is -2.49. The van der Waals surface area contributed by atoms with Gasteiger partial charge in [0.2, 0.25) is 5.91 Å². The first kappa shape index (κ1) is 19.9. The highest BCUT2D eigenvalue weighted by Gasteiger charge is 2.33. The van der Waals surface area contributed by atoms with Crippen molar-refractivity contribution in [3.05, 3.63) is 65.2 Å². The quantitative estimate of drug-likeness (QED) is 0.812. The lowest BCUT2D eigenvalue weighted by atomic mass is 9.94. The number of carbonyl (C=O) groups is 2. The molecular formula is C20H19F3N2O3. The summed E-state index contributed by atoms with van der Waals surface area (Å²) >= 11 is 0. The molecule has 1 heterocycles. The van der Waals surface area contributed by atoms with Crippen LogP contribution in [0.3, 0.4) is 0 Å². The van der Waals surface area contributed by atoms with Gasteiger partial charge < -0.3 is 10.1 Å². The molecular weight excluding hydrogens is 373 g/mol. The molecule has 1 aliphatic heterocycles.